The molecule has 90 valence electrons. The van der Waals surface area contributed by atoms with Crippen LogP contribution >= 0.6 is 0 Å². The summed E-state index contributed by atoms with van der Waals surface area (Å²) in [4.78, 5) is 14.7. The number of aromatic nitrogens is 1. The van der Waals surface area contributed by atoms with Crippen LogP contribution in [0.2, 0.25) is 0 Å². The molecular weight excluding hydrogens is 224 g/mol. The van der Waals surface area contributed by atoms with Gasteiger partial charge in [0.25, 0.3) is 0 Å². The number of ether oxygens (including phenoxy) is 1. The summed E-state index contributed by atoms with van der Waals surface area (Å²) in [6.45, 7) is 0. The molecule has 17 heavy (non-hydrogen) atoms. The van der Waals surface area contributed by atoms with Gasteiger partial charge in [0.05, 0.1) is 25.3 Å². The maximum absolute atomic E-state index is 10.9. The van der Waals surface area contributed by atoms with Crippen molar-refractivity contribution in [2.75, 3.05) is 7.11 Å². The van der Waals surface area contributed by atoms with E-state index in [0.29, 0.717) is 0 Å². The molecule has 0 amide bonds. The van der Waals surface area contributed by atoms with Crippen molar-refractivity contribution in [2.45, 2.75) is 18.6 Å². The molecule has 0 aliphatic carbocycles. The number of carbonyl (C=O) groups is 1. The number of rotatable bonds is 4. The number of aliphatic hydroxyl groups excluding tert-OH is 2. The average Bonchev–Trinajstić information content (AvgIpc) is 2.37. The fraction of sp³-hybridized carbons (Fsp3) is 0.364. The van der Waals surface area contributed by atoms with Crippen LogP contribution in [0.3, 0.4) is 0 Å². The van der Waals surface area contributed by atoms with Gasteiger partial charge in [-0.1, -0.05) is 6.07 Å². The molecule has 0 bridgehead atoms. The molecule has 0 aliphatic rings. The summed E-state index contributed by atoms with van der Waals surface area (Å²) in [6, 6.07) is 6.29. The number of hydrogen-bond acceptors (Lipinski definition) is 6. The minimum Gasteiger partial charge on any atom is -0.469 e. The predicted molar refractivity (Wildman–Crippen MR) is 56.6 cm³/mol. The zero-order valence-electron chi connectivity index (χ0n) is 9.20. The van der Waals surface area contributed by atoms with Gasteiger partial charge in [0, 0.05) is 0 Å². The Labute approximate surface area is 98.1 Å². The van der Waals surface area contributed by atoms with Gasteiger partial charge in [0.1, 0.15) is 17.9 Å². The lowest BCUT2D eigenvalue weighted by Gasteiger charge is -2.16. The van der Waals surface area contributed by atoms with E-state index < -0.39 is 18.2 Å². The molecule has 2 atom stereocenters. The predicted octanol–water partition coefficient (Wildman–Crippen LogP) is -0.0893. The molecule has 0 saturated carbocycles. The molecule has 1 aromatic heterocycles. The van der Waals surface area contributed by atoms with Crippen LogP contribution in [0, 0.1) is 11.3 Å². The van der Waals surface area contributed by atoms with Crippen LogP contribution in [0.5, 0.6) is 0 Å². The van der Waals surface area contributed by atoms with Gasteiger partial charge in [-0.05, 0) is 12.1 Å². The first-order valence-electron chi connectivity index (χ1n) is 4.88. The van der Waals surface area contributed by atoms with Crippen molar-refractivity contribution in [1.29, 1.82) is 5.26 Å². The van der Waals surface area contributed by atoms with Gasteiger partial charge in [0.2, 0.25) is 0 Å². The molecule has 1 heterocycles. The van der Waals surface area contributed by atoms with Crippen molar-refractivity contribution in [3.8, 4) is 6.07 Å². The first-order chi connectivity index (χ1) is 8.08. The van der Waals surface area contributed by atoms with E-state index in [0.717, 1.165) is 0 Å². The van der Waals surface area contributed by atoms with Crippen molar-refractivity contribution in [3.05, 3.63) is 29.6 Å². The van der Waals surface area contributed by atoms with Gasteiger partial charge < -0.3 is 14.9 Å². The van der Waals surface area contributed by atoms with E-state index in [1.54, 1.807) is 0 Å². The van der Waals surface area contributed by atoms with Crippen molar-refractivity contribution in [2.24, 2.45) is 0 Å². The lowest BCUT2D eigenvalue weighted by molar-refractivity contribution is -0.144. The lowest BCUT2D eigenvalue weighted by atomic mass is 10.1. The third-order valence-corrected chi connectivity index (χ3v) is 2.16. The molecule has 1 aromatic rings. The van der Waals surface area contributed by atoms with E-state index in [1.165, 1.54) is 25.3 Å². The fourth-order valence-electron chi connectivity index (χ4n) is 1.24. The highest BCUT2D eigenvalue weighted by Crippen LogP contribution is 2.17. The van der Waals surface area contributed by atoms with Crippen LogP contribution in [0.25, 0.3) is 0 Å². The highest BCUT2D eigenvalue weighted by atomic mass is 16.5. The van der Waals surface area contributed by atoms with Crippen LogP contribution in [0.15, 0.2) is 18.2 Å². The van der Waals surface area contributed by atoms with Gasteiger partial charge in [-0.15, -0.1) is 0 Å². The molecule has 6 heteroatoms. The SMILES string of the molecule is COC(=O)CC(O)C(O)c1cccc(C#N)n1. The standard InChI is InChI=1S/C11H12N2O4/c1-17-10(15)5-9(14)11(16)8-4-2-3-7(6-12)13-8/h2-4,9,11,14,16H,5H2,1H3. The van der Waals surface area contributed by atoms with E-state index in [9.17, 15) is 15.0 Å². The Morgan fingerprint density at radius 1 is 1.59 bits per heavy atom. The molecule has 0 aromatic carbocycles. The number of methoxy groups -OCH3 is 1. The summed E-state index contributed by atoms with van der Waals surface area (Å²) in [5, 5.41) is 27.9. The van der Waals surface area contributed by atoms with Crippen LogP contribution < -0.4 is 0 Å². The number of carbonyl (C=O) groups excluding carboxylic acids is 1. The van der Waals surface area contributed by atoms with Crippen LogP contribution in [-0.4, -0.2) is 34.4 Å². The molecular formula is C11H12N2O4. The molecule has 2 N–H and O–H groups in total. The van der Waals surface area contributed by atoms with Gasteiger partial charge in [-0.25, -0.2) is 4.98 Å². The largest absolute Gasteiger partial charge is 0.469 e. The Kier molecular flexibility index (Phi) is 4.57. The fourth-order valence-corrected chi connectivity index (χ4v) is 1.24. The summed E-state index contributed by atoms with van der Waals surface area (Å²) in [6.07, 6.45) is -2.98. The molecule has 0 fully saturated rings. The Balaban J connectivity index is 2.78. The topological polar surface area (TPSA) is 103 Å². The maximum Gasteiger partial charge on any atom is 0.308 e. The van der Waals surface area contributed by atoms with Crippen molar-refractivity contribution in [3.63, 3.8) is 0 Å². The van der Waals surface area contributed by atoms with Gasteiger partial charge in [0.15, 0.2) is 0 Å². The lowest BCUT2D eigenvalue weighted by Crippen LogP contribution is -2.23. The molecule has 0 saturated heterocycles. The Morgan fingerprint density at radius 3 is 2.88 bits per heavy atom. The van der Waals surface area contributed by atoms with Crippen molar-refractivity contribution < 1.29 is 19.7 Å². The number of nitrogens with zero attached hydrogens (tertiary/aromatic N) is 2. The summed E-state index contributed by atoms with van der Waals surface area (Å²) in [5.74, 6) is -0.631. The highest BCUT2D eigenvalue weighted by Gasteiger charge is 2.23. The summed E-state index contributed by atoms with van der Waals surface area (Å²) in [7, 11) is 1.19. The summed E-state index contributed by atoms with van der Waals surface area (Å²) in [5.41, 5.74) is 0.271. The average molecular weight is 236 g/mol. The Bertz CT molecular complexity index is 441. The first kappa shape index (κ1) is 13.1. The second kappa shape index (κ2) is 5.94. The number of hydrogen-bond donors (Lipinski definition) is 2. The second-order valence-electron chi connectivity index (χ2n) is 3.35. The minimum absolute atomic E-state index is 0.131. The summed E-state index contributed by atoms with van der Waals surface area (Å²) < 4.78 is 4.37. The summed E-state index contributed by atoms with van der Waals surface area (Å²) >= 11 is 0. The van der Waals surface area contributed by atoms with Crippen LogP contribution in [-0.2, 0) is 9.53 Å². The number of nitriles is 1. The van der Waals surface area contributed by atoms with E-state index in [2.05, 4.69) is 9.72 Å². The number of aliphatic hydroxyl groups is 2. The van der Waals surface area contributed by atoms with Crippen LogP contribution in [0.1, 0.15) is 23.9 Å². The zero-order valence-corrected chi connectivity index (χ0v) is 9.20. The third-order valence-electron chi connectivity index (χ3n) is 2.16. The van der Waals surface area contributed by atoms with E-state index in [1.807, 2.05) is 6.07 Å². The molecule has 6 nitrogen and oxygen atoms in total. The quantitative estimate of drug-likeness (QED) is 0.708. The monoisotopic (exact) mass is 236 g/mol. The Hall–Kier alpha value is -1.97. The normalized spacial score (nSPS) is 13.5. The van der Waals surface area contributed by atoms with Gasteiger partial charge in [-0.2, -0.15) is 5.26 Å². The van der Waals surface area contributed by atoms with E-state index in [-0.39, 0.29) is 17.8 Å². The van der Waals surface area contributed by atoms with Crippen LogP contribution in [0.4, 0.5) is 0 Å². The van der Waals surface area contributed by atoms with E-state index in [4.69, 9.17) is 5.26 Å². The maximum atomic E-state index is 10.9. The van der Waals surface area contributed by atoms with E-state index >= 15 is 0 Å². The number of esters is 1. The highest BCUT2D eigenvalue weighted by molar-refractivity contribution is 5.69. The second-order valence-corrected chi connectivity index (χ2v) is 3.35. The van der Waals surface area contributed by atoms with Crippen molar-refractivity contribution in [1.82, 2.24) is 4.98 Å². The molecule has 0 aliphatic heterocycles. The van der Waals surface area contributed by atoms with Gasteiger partial charge >= 0.3 is 5.97 Å². The molecule has 2 unspecified atom stereocenters. The molecule has 1 rings (SSSR count). The smallest absolute Gasteiger partial charge is 0.308 e. The first-order valence-corrected chi connectivity index (χ1v) is 4.88. The molecule has 0 radical (unpaired) electrons. The van der Waals surface area contributed by atoms with Gasteiger partial charge in [-0.3, -0.25) is 4.79 Å². The number of pyridine rings is 1. The van der Waals surface area contributed by atoms with Crippen molar-refractivity contribution >= 4 is 5.97 Å². The third kappa shape index (κ3) is 3.52. The zero-order chi connectivity index (χ0) is 12.8. The Morgan fingerprint density at radius 2 is 2.29 bits per heavy atom. The minimum atomic E-state index is -1.33. The molecule has 0 spiro atoms.